The zero-order valence-corrected chi connectivity index (χ0v) is 18.0. The van der Waals surface area contributed by atoms with Crippen molar-refractivity contribution < 1.29 is 14.3 Å². The summed E-state index contributed by atoms with van der Waals surface area (Å²) < 4.78 is 8.16. The Labute approximate surface area is 174 Å². The van der Waals surface area contributed by atoms with Gasteiger partial charge in [-0.2, -0.15) is 5.10 Å². The number of aromatic nitrogens is 3. The Hall–Kier alpha value is -2.74. The number of para-hydroxylation sites is 1. The zero-order chi connectivity index (χ0) is 21.0. The normalized spacial score (nSPS) is 12.1. The molecule has 0 saturated carbocycles. The Morgan fingerprint density at radius 2 is 2.00 bits per heavy atom. The number of ether oxygens (including phenoxy) is 1. The molecule has 0 aliphatic carbocycles. The predicted molar refractivity (Wildman–Crippen MR) is 114 cm³/mol. The van der Waals surface area contributed by atoms with Gasteiger partial charge in [0.1, 0.15) is 0 Å². The van der Waals surface area contributed by atoms with Gasteiger partial charge in [-0.25, -0.2) is 4.98 Å². The van der Waals surface area contributed by atoms with Gasteiger partial charge in [0.25, 0.3) is 5.91 Å². The summed E-state index contributed by atoms with van der Waals surface area (Å²) in [7, 11) is 1.82. The zero-order valence-electron chi connectivity index (χ0n) is 17.2. The van der Waals surface area contributed by atoms with Crippen LogP contribution in [0.3, 0.4) is 0 Å². The maximum absolute atomic E-state index is 12.3. The molecule has 2 heterocycles. The first-order valence-electron chi connectivity index (χ1n) is 9.70. The molecule has 2 aromatic heterocycles. The molecule has 3 aromatic rings. The lowest BCUT2D eigenvalue weighted by molar-refractivity contribution is -0.153. The van der Waals surface area contributed by atoms with Crippen LogP contribution in [0.5, 0.6) is 0 Å². The van der Waals surface area contributed by atoms with Gasteiger partial charge in [0, 0.05) is 13.5 Å². The fourth-order valence-corrected chi connectivity index (χ4v) is 4.07. The number of amides is 1. The van der Waals surface area contributed by atoms with Crippen molar-refractivity contribution in [3.8, 4) is 0 Å². The van der Waals surface area contributed by atoms with Crippen molar-refractivity contribution in [1.29, 1.82) is 0 Å². The number of unbranched alkanes of at least 4 members (excludes halogenated alkanes) is 1. The smallest absolute Gasteiger partial charge is 0.306 e. The average Bonchev–Trinajstić information content (AvgIpc) is 3.20. The number of thiazole rings is 1. The maximum Gasteiger partial charge on any atom is 0.306 e. The lowest BCUT2D eigenvalue weighted by Gasteiger charge is -2.13. The first-order chi connectivity index (χ1) is 13.8. The monoisotopic (exact) mass is 414 g/mol. The largest absolute Gasteiger partial charge is 0.453 e. The predicted octanol–water partition coefficient (Wildman–Crippen LogP) is 3.93. The molecule has 0 aliphatic heterocycles. The van der Waals surface area contributed by atoms with E-state index in [2.05, 4.69) is 21.5 Å². The molecule has 8 heteroatoms. The van der Waals surface area contributed by atoms with E-state index >= 15 is 0 Å². The lowest BCUT2D eigenvalue weighted by atomic mass is 10.2. The van der Waals surface area contributed by atoms with Gasteiger partial charge in [-0.15, -0.1) is 11.3 Å². The van der Waals surface area contributed by atoms with E-state index in [1.807, 2.05) is 39.1 Å². The number of nitrogens with one attached hydrogen (secondary N) is 1. The standard InChI is InChI=1S/C21H26N4O3S/c1-13-20(14(2)25(4)24-13)23-21(27)15(3)28-19(26)12-8-7-11-18-22-16-9-5-6-10-17(16)29-18/h5-6,9-10,15H,7-8,11-12H2,1-4H3,(H,23,27)/t15-/m1/s1. The van der Waals surface area contributed by atoms with Gasteiger partial charge < -0.3 is 10.1 Å². The second kappa shape index (κ2) is 9.17. The van der Waals surface area contributed by atoms with Crippen molar-refractivity contribution in [1.82, 2.24) is 14.8 Å². The summed E-state index contributed by atoms with van der Waals surface area (Å²) in [5.74, 6) is -0.719. The Kier molecular flexibility index (Phi) is 6.64. The second-order valence-electron chi connectivity index (χ2n) is 7.07. The third-order valence-corrected chi connectivity index (χ3v) is 5.89. The summed E-state index contributed by atoms with van der Waals surface area (Å²) in [4.78, 5) is 29.0. The van der Waals surface area contributed by atoms with Gasteiger partial charge >= 0.3 is 5.97 Å². The molecule has 1 aromatic carbocycles. The van der Waals surface area contributed by atoms with Gasteiger partial charge in [-0.1, -0.05) is 12.1 Å². The molecule has 0 saturated heterocycles. The van der Waals surface area contributed by atoms with Crippen LogP contribution >= 0.6 is 11.3 Å². The van der Waals surface area contributed by atoms with Crippen molar-refractivity contribution in [2.24, 2.45) is 7.05 Å². The summed E-state index contributed by atoms with van der Waals surface area (Å²) >= 11 is 1.69. The van der Waals surface area contributed by atoms with E-state index in [4.69, 9.17) is 4.74 Å². The van der Waals surface area contributed by atoms with Crippen molar-refractivity contribution in [3.63, 3.8) is 0 Å². The van der Waals surface area contributed by atoms with Crippen LogP contribution < -0.4 is 5.32 Å². The summed E-state index contributed by atoms with van der Waals surface area (Å²) in [5, 5.41) is 8.14. The third-order valence-electron chi connectivity index (χ3n) is 4.79. The number of carbonyl (C=O) groups is 2. The number of esters is 1. The fourth-order valence-electron chi connectivity index (χ4n) is 3.06. The van der Waals surface area contributed by atoms with Crippen LogP contribution in [0.2, 0.25) is 0 Å². The molecule has 29 heavy (non-hydrogen) atoms. The number of carbonyl (C=O) groups excluding carboxylic acids is 2. The van der Waals surface area contributed by atoms with Gasteiger partial charge in [-0.3, -0.25) is 14.3 Å². The third kappa shape index (κ3) is 5.20. The summed E-state index contributed by atoms with van der Waals surface area (Å²) in [6.07, 6.45) is 1.81. The molecule has 0 fully saturated rings. The van der Waals surface area contributed by atoms with Crippen molar-refractivity contribution in [2.45, 2.75) is 52.6 Å². The first-order valence-corrected chi connectivity index (χ1v) is 10.5. The highest BCUT2D eigenvalue weighted by Crippen LogP contribution is 2.23. The summed E-state index contributed by atoms with van der Waals surface area (Å²) in [6, 6.07) is 8.06. The molecule has 154 valence electrons. The number of nitrogens with zero attached hydrogens (tertiary/aromatic N) is 3. The van der Waals surface area contributed by atoms with Crippen LogP contribution in [0.4, 0.5) is 5.69 Å². The van der Waals surface area contributed by atoms with Gasteiger partial charge in [-0.05, 0) is 52.2 Å². The van der Waals surface area contributed by atoms with Crippen molar-refractivity contribution >= 4 is 39.1 Å². The molecule has 1 atom stereocenters. The molecule has 0 spiro atoms. The quantitative estimate of drug-likeness (QED) is 0.446. The van der Waals surface area contributed by atoms with Crippen LogP contribution in [0.1, 0.15) is 42.6 Å². The molecular weight excluding hydrogens is 388 g/mol. The number of benzene rings is 1. The SMILES string of the molecule is Cc1nn(C)c(C)c1NC(=O)[C@@H](C)OC(=O)CCCCc1nc2ccccc2s1. The minimum atomic E-state index is -0.856. The highest BCUT2D eigenvalue weighted by molar-refractivity contribution is 7.18. The molecular formula is C21H26N4O3S. The van der Waals surface area contributed by atoms with E-state index in [1.165, 1.54) is 4.70 Å². The van der Waals surface area contributed by atoms with Crippen LogP contribution in [0.25, 0.3) is 10.2 Å². The van der Waals surface area contributed by atoms with Crippen LogP contribution in [-0.2, 0) is 27.8 Å². The van der Waals surface area contributed by atoms with Gasteiger partial charge in [0.05, 0.1) is 32.3 Å². The summed E-state index contributed by atoms with van der Waals surface area (Å²) in [5.41, 5.74) is 3.26. The van der Waals surface area contributed by atoms with E-state index in [1.54, 1.807) is 22.9 Å². The Bertz CT molecular complexity index is 991. The highest BCUT2D eigenvalue weighted by Gasteiger charge is 2.20. The van der Waals surface area contributed by atoms with Crippen LogP contribution in [0, 0.1) is 13.8 Å². The van der Waals surface area contributed by atoms with Crippen molar-refractivity contribution in [2.75, 3.05) is 5.32 Å². The summed E-state index contributed by atoms with van der Waals surface area (Å²) in [6.45, 7) is 5.28. The number of anilines is 1. The van der Waals surface area contributed by atoms with Crippen molar-refractivity contribution in [3.05, 3.63) is 40.7 Å². The number of aryl methyl sites for hydroxylation is 3. The number of rotatable bonds is 8. The molecule has 1 amide bonds. The molecule has 0 radical (unpaired) electrons. The first kappa shape index (κ1) is 21.0. The lowest BCUT2D eigenvalue weighted by Crippen LogP contribution is -2.30. The molecule has 0 unspecified atom stereocenters. The van der Waals surface area contributed by atoms with E-state index < -0.39 is 6.10 Å². The topological polar surface area (TPSA) is 86.1 Å². The number of hydrogen-bond acceptors (Lipinski definition) is 6. The molecule has 3 rings (SSSR count). The molecule has 0 bridgehead atoms. The number of fused-ring (bicyclic) bond motifs is 1. The minimum Gasteiger partial charge on any atom is -0.453 e. The minimum absolute atomic E-state index is 0.285. The molecule has 7 nitrogen and oxygen atoms in total. The van der Waals surface area contributed by atoms with E-state index in [-0.39, 0.29) is 18.3 Å². The van der Waals surface area contributed by atoms with Crippen LogP contribution in [0.15, 0.2) is 24.3 Å². The molecule has 1 N–H and O–H groups in total. The second-order valence-corrected chi connectivity index (χ2v) is 8.19. The maximum atomic E-state index is 12.3. The Morgan fingerprint density at radius 1 is 1.24 bits per heavy atom. The van der Waals surface area contributed by atoms with E-state index in [0.717, 1.165) is 34.8 Å². The van der Waals surface area contributed by atoms with Gasteiger partial charge in [0.15, 0.2) is 6.10 Å². The Morgan fingerprint density at radius 3 is 2.69 bits per heavy atom. The highest BCUT2D eigenvalue weighted by atomic mass is 32.1. The average molecular weight is 415 g/mol. The van der Waals surface area contributed by atoms with Crippen LogP contribution in [-0.4, -0.2) is 32.7 Å². The Balaban J connectivity index is 1.40. The van der Waals surface area contributed by atoms with Gasteiger partial charge in [0.2, 0.25) is 0 Å². The fraction of sp³-hybridized carbons (Fsp3) is 0.429. The number of hydrogen-bond donors (Lipinski definition) is 1. The van der Waals surface area contributed by atoms with E-state index in [9.17, 15) is 9.59 Å². The van der Waals surface area contributed by atoms with E-state index in [0.29, 0.717) is 12.1 Å². The molecule has 0 aliphatic rings.